The smallest absolute Gasteiger partial charge is 0.270 e. The van der Waals surface area contributed by atoms with Gasteiger partial charge in [0.25, 0.3) is 15.9 Å². The molecule has 1 aliphatic heterocycles. The summed E-state index contributed by atoms with van der Waals surface area (Å²) in [6, 6.07) is 31.5. The van der Waals surface area contributed by atoms with Crippen molar-refractivity contribution in [2.45, 2.75) is 4.90 Å². The number of nitrogens with zero attached hydrogens (tertiary/aromatic N) is 3. The predicted molar refractivity (Wildman–Crippen MR) is 156 cm³/mol. The van der Waals surface area contributed by atoms with E-state index >= 15 is 0 Å². The molecule has 0 spiro atoms. The molecule has 2 heterocycles. The lowest BCUT2D eigenvalue weighted by molar-refractivity contribution is 0.0303. The Morgan fingerprint density at radius 2 is 1.48 bits per heavy atom. The van der Waals surface area contributed by atoms with E-state index in [-0.39, 0.29) is 10.8 Å². The van der Waals surface area contributed by atoms with E-state index in [2.05, 4.69) is 0 Å². The van der Waals surface area contributed by atoms with Gasteiger partial charge in [-0.15, -0.1) is 0 Å². The van der Waals surface area contributed by atoms with Gasteiger partial charge in [-0.25, -0.2) is 17.4 Å². The molecule has 0 N–H and O–H groups in total. The molecule has 0 bridgehead atoms. The highest BCUT2D eigenvalue weighted by Crippen LogP contribution is 2.35. The first-order valence-electron chi connectivity index (χ1n) is 13.1. The molecule has 7 rings (SSSR count). The lowest BCUT2D eigenvalue weighted by Crippen LogP contribution is -2.40. The number of ether oxygens (including phenoxy) is 1. The number of fused-ring (bicyclic) bond motifs is 3. The van der Waals surface area contributed by atoms with Gasteiger partial charge >= 0.3 is 0 Å². The average Bonchev–Trinajstić information content (AvgIpc) is 3.40. The molecule has 6 aromatic rings. The lowest BCUT2D eigenvalue weighted by atomic mass is 10.0. The maximum atomic E-state index is 14.5. The van der Waals surface area contributed by atoms with Gasteiger partial charge in [0.05, 0.1) is 29.1 Å². The van der Waals surface area contributed by atoms with Crippen molar-refractivity contribution in [3.8, 4) is 11.4 Å². The molecule has 1 aliphatic rings. The summed E-state index contributed by atoms with van der Waals surface area (Å²) in [5, 5.41) is 3.64. The van der Waals surface area contributed by atoms with E-state index in [0.717, 1.165) is 21.5 Å². The summed E-state index contributed by atoms with van der Waals surface area (Å²) < 4.78 is 35.6. The van der Waals surface area contributed by atoms with Crippen molar-refractivity contribution in [2.75, 3.05) is 26.3 Å². The number of aromatic nitrogens is 2. The Balaban J connectivity index is 1.49. The first-order chi connectivity index (χ1) is 19.5. The van der Waals surface area contributed by atoms with Crippen molar-refractivity contribution in [1.29, 1.82) is 0 Å². The van der Waals surface area contributed by atoms with Crippen LogP contribution in [0.4, 0.5) is 0 Å². The fourth-order valence-electron chi connectivity index (χ4n) is 5.40. The number of carbonyl (C=O) groups is 1. The molecule has 5 aromatic carbocycles. The van der Waals surface area contributed by atoms with Gasteiger partial charge in [0.1, 0.15) is 0 Å². The van der Waals surface area contributed by atoms with Crippen LogP contribution in [0.5, 0.6) is 0 Å². The molecule has 1 saturated heterocycles. The molecule has 1 fully saturated rings. The Morgan fingerprint density at radius 3 is 2.30 bits per heavy atom. The van der Waals surface area contributed by atoms with E-state index in [9.17, 15) is 13.2 Å². The van der Waals surface area contributed by atoms with Crippen molar-refractivity contribution < 1.29 is 17.9 Å². The fraction of sp³-hybridized carbons (Fsp3) is 0.125. The quantitative estimate of drug-likeness (QED) is 0.282. The lowest BCUT2D eigenvalue weighted by Gasteiger charge is -2.26. The second kappa shape index (κ2) is 9.59. The Kier molecular flexibility index (Phi) is 5.87. The van der Waals surface area contributed by atoms with Crippen LogP contribution >= 0.6 is 0 Å². The van der Waals surface area contributed by atoms with Gasteiger partial charge in [-0.1, -0.05) is 72.8 Å². The monoisotopic (exact) mass is 547 g/mol. The minimum absolute atomic E-state index is 0.150. The molecule has 7 nitrogen and oxygen atoms in total. The maximum Gasteiger partial charge on any atom is 0.270 e. The van der Waals surface area contributed by atoms with Crippen LogP contribution in [-0.4, -0.2) is 54.5 Å². The molecular formula is C32H25N3O4S. The van der Waals surface area contributed by atoms with E-state index in [0.29, 0.717) is 54.3 Å². The van der Waals surface area contributed by atoms with Crippen LogP contribution in [0, 0.1) is 0 Å². The molecule has 198 valence electrons. The summed E-state index contributed by atoms with van der Waals surface area (Å²) in [5.41, 5.74) is 1.95. The zero-order valence-electron chi connectivity index (χ0n) is 21.5. The van der Waals surface area contributed by atoms with E-state index < -0.39 is 10.0 Å². The summed E-state index contributed by atoms with van der Waals surface area (Å²) in [7, 11) is -4.12. The number of amides is 1. The highest BCUT2D eigenvalue weighted by Gasteiger charge is 2.28. The number of hydrogen-bond acceptors (Lipinski definition) is 5. The van der Waals surface area contributed by atoms with Crippen LogP contribution in [0.3, 0.4) is 0 Å². The summed E-state index contributed by atoms with van der Waals surface area (Å²) in [4.78, 5) is 20.1. The first kappa shape index (κ1) is 24.5. The number of carbonyl (C=O) groups excluding carboxylic acids is 1. The summed E-state index contributed by atoms with van der Waals surface area (Å²) in [6.07, 6.45) is 0. The van der Waals surface area contributed by atoms with Crippen molar-refractivity contribution in [3.05, 3.63) is 109 Å². The molecule has 0 atom stereocenters. The number of benzene rings is 5. The summed E-state index contributed by atoms with van der Waals surface area (Å²) >= 11 is 0. The minimum atomic E-state index is -4.12. The van der Waals surface area contributed by atoms with Crippen LogP contribution in [0.1, 0.15) is 10.4 Å². The van der Waals surface area contributed by atoms with Crippen molar-refractivity contribution >= 4 is 48.5 Å². The van der Waals surface area contributed by atoms with Gasteiger partial charge in [-0.2, -0.15) is 0 Å². The number of hydrogen-bond donors (Lipinski definition) is 0. The van der Waals surface area contributed by atoms with Gasteiger partial charge in [-0.3, -0.25) is 4.79 Å². The molecular weight excluding hydrogens is 522 g/mol. The minimum Gasteiger partial charge on any atom is -0.378 e. The number of morpholine rings is 1. The van der Waals surface area contributed by atoms with Crippen LogP contribution in [0.2, 0.25) is 0 Å². The third-order valence-electron chi connectivity index (χ3n) is 7.45. The van der Waals surface area contributed by atoms with E-state index in [1.165, 1.54) is 3.97 Å². The zero-order chi connectivity index (χ0) is 27.3. The standard InChI is InChI=1S/C32H25N3O4S/c36-32(34-16-18-39-19-17-34)25-13-15-29-30(21-25)35(31(33-29)28-11-5-9-23-7-3-4-10-27(23)28)40(37,38)26-14-12-22-6-1-2-8-24(22)20-26/h1-15,20-21H,16-19H2. The van der Waals surface area contributed by atoms with Gasteiger partial charge in [0.15, 0.2) is 5.82 Å². The molecule has 0 unspecified atom stereocenters. The molecule has 40 heavy (non-hydrogen) atoms. The molecule has 1 amide bonds. The molecule has 0 saturated carbocycles. The van der Waals surface area contributed by atoms with Crippen LogP contribution < -0.4 is 0 Å². The van der Waals surface area contributed by atoms with Gasteiger partial charge in [0.2, 0.25) is 0 Å². The Morgan fingerprint density at radius 1 is 0.750 bits per heavy atom. The SMILES string of the molecule is O=C(c1ccc2nc(-c3cccc4ccccc34)n(S(=O)(=O)c3ccc4ccccc4c3)c2c1)N1CCOCC1. The third-order valence-corrected chi connectivity index (χ3v) is 9.15. The van der Waals surface area contributed by atoms with Crippen LogP contribution in [0.15, 0.2) is 108 Å². The fourth-order valence-corrected chi connectivity index (χ4v) is 6.90. The normalized spacial score (nSPS) is 14.2. The molecule has 1 aromatic heterocycles. The van der Waals surface area contributed by atoms with Crippen LogP contribution in [0.25, 0.3) is 44.0 Å². The number of rotatable bonds is 4. The van der Waals surface area contributed by atoms with Crippen molar-refractivity contribution in [1.82, 2.24) is 13.9 Å². The highest BCUT2D eigenvalue weighted by atomic mass is 32.2. The van der Waals surface area contributed by atoms with Gasteiger partial charge in [0, 0.05) is 24.2 Å². The first-order valence-corrected chi connectivity index (χ1v) is 14.6. The second-order valence-corrected chi connectivity index (χ2v) is 11.6. The predicted octanol–water partition coefficient (Wildman–Crippen LogP) is 5.72. The molecule has 8 heteroatoms. The van der Waals surface area contributed by atoms with Crippen LogP contribution in [-0.2, 0) is 14.8 Å². The summed E-state index contributed by atoms with van der Waals surface area (Å²) in [6.45, 7) is 1.94. The van der Waals surface area contributed by atoms with Crippen molar-refractivity contribution in [3.63, 3.8) is 0 Å². The Bertz CT molecular complexity index is 2040. The zero-order valence-corrected chi connectivity index (χ0v) is 22.3. The second-order valence-electron chi connectivity index (χ2n) is 9.85. The van der Waals surface area contributed by atoms with Gasteiger partial charge < -0.3 is 9.64 Å². The van der Waals surface area contributed by atoms with E-state index in [1.54, 1.807) is 35.2 Å². The number of imidazole rings is 1. The topological polar surface area (TPSA) is 81.5 Å². The van der Waals surface area contributed by atoms with E-state index in [4.69, 9.17) is 9.72 Å². The highest BCUT2D eigenvalue weighted by molar-refractivity contribution is 7.90. The third kappa shape index (κ3) is 4.04. The van der Waals surface area contributed by atoms with E-state index in [1.807, 2.05) is 72.8 Å². The van der Waals surface area contributed by atoms with Crippen molar-refractivity contribution in [2.24, 2.45) is 0 Å². The largest absolute Gasteiger partial charge is 0.378 e. The molecule has 0 aliphatic carbocycles. The Labute approximate surface area is 231 Å². The maximum absolute atomic E-state index is 14.5. The van der Waals surface area contributed by atoms with Gasteiger partial charge in [-0.05, 0) is 51.9 Å². The molecule has 0 radical (unpaired) electrons. The Hall–Kier alpha value is -4.53. The average molecular weight is 548 g/mol. The summed E-state index contributed by atoms with van der Waals surface area (Å²) in [5.74, 6) is 0.142.